The molecule has 0 aliphatic heterocycles. The van der Waals surface area contributed by atoms with Gasteiger partial charge in [-0.05, 0) is 76.7 Å². The Bertz CT molecular complexity index is 805. The van der Waals surface area contributed by atoms with Crippen LogP contribution in [0.25, 0.3) is 0 Å². The number of benzene rings is 2. The number of hydrogen-bond donors (Lipinski definition) is 1. The Morgan fingerprint density at radius 2 is 1.82 bits per heavy atom. The lowest BCUT2D eigenvalue weighted by Gasteiger charge is -2.13. The maximum Gasteiger partial charge on any atom is 0.338 e. The van der Waals surface area contributed by atoms with Gasteiger partial charge in [0.15, 0.2) is 6.61 Å². The van der Waals surface area contributed by atoms with Crippen molar-refractivity contribution in [3.05, 3.63) is 58.1 Å². The zero-order valence-corrected chi connectivity index (χ0v) is 18.0. The third kappa shape index (κ3) is 6.37. The third-order valence-electron chi connectivity index (χ3n) is 4.34. The van der Waals surface area contributed by atoms with E-state index < -0.39 is 0 Å². The molecular weight excluding hydrogens is 422 g/mol. The van der Waals surface area contributed by atoms with Gasteiger partial charge < -0.3 is 14.8 Å². The smallest absolute Gasteiger partial charge is 0.338 e. The summed E-state index contributed by atoms with van der Waals surface area (Å²) < 4.78 is 11.5. The van der Waals surface area contributed by atoms with Crippen LogP contribution in [0.3, 0.4) is 0 Å². The number of hydrogen-bond acceptors (Lipinski definition) is 4. The Kier molecular flexibility index (Phi) is 8.51. The number of amides is 1. The van der Waals surface area contributed by atoms with Crippen LogP contribution in [0.5, 0.6) is 5.75 Å². The lowest BCUT2D eigenvalue weighted by Crippen LogP contribution is -2.20. The Morgan fingerprint density at radius 1 is 1.11 bits per heavy atom. The highest BCUT2D eigenvalue weighted by atomic mass is 79.9. The van der Waals surface area contributed by atoms with E-state index in [2.05, 4.69) is 35.1 Å². The highest BCUT2D eigenvalue weighted by molar-refractivity contribution is 9.10. The van der Waals surface area contributed by atoms with Gasteiger partial charge in [-0.25, -0.2) is 4.79 Å². The molecule has 2 aromatic carbocycles. The summed E-state index contributed by atoms with van der Waals surface area (Å²) in [5, 5.41) is 2.75. The van der Waals surface area contributed by atoms with Crippen LogP contribution in [0, 0.1) is 0 Å². The molecule has 0 radical (unpaired) electrons. The molecule has 2 aromatic rings. The number of esters is 1. The van der Waals surface area contributed by atoms with E-state index in [1.54, 1.807) is 24.3 Å². The molecular formula is C22H26BrNO4. The summed E-state index contributed by atoms with van der Waals surface area (Å²) in [7, 11) is 0. The fourth-order valence-electron chi connectivity index (χ4n) is 2.48. The minimum Gasteiger partial charge on any atom is -0.483 e. The van der Waals surface area contributed by atoms with Crippen LogP contribution >= 0.6 is 15.9 Å². The first-order chi connectivity index (χ1) is 13.4. The van der Waals surface area contributed by atoms with Gasteiger partial charge in [0.1, 0.15) is 5.75 Å². The Hall–Kier alpha value is -2.34. The van der Waals surface area contributed by atoms with E-state index in [1.165, 1.54) is 5.56 Å². The van der Waals surface area contributed by atoms with E-state index in [1.807, 2.05) is 25.1 Å². The lowest BCUT2D eigenvalue weighted by atomic mass is 9.99. The van der Waals surface area contributed by atoms with Gasteiger partial charge in [-0.2, -0.15) is 0 Å². The molecule has 0 saturated heterocycles. The zero-order chi connectivity index (χ0) is 20.5. The molecule has 150 valence electrons. The molecule has 1 N–H and O–H groups in total. The number of halogens is 1. The highest BCUT2D eigenvalue weighted by Crippen LogP contribution is 2.30. The minimum absolute atomic E-state index is 0.110. The largest absolute Gasteiger partial charge is 0.483 e. The lowest BCUT2D eigenvalue weighted by molar-refractivity contribution is -0.118. The molecule has 0 aromatic heterocycles. The normalized spacial score (nSPS) is 11.6. The average molecular weight is 448 g/mol. The van der Waals surface area contributed by atoms with Crippen LogP contribution in [0.4, 0.5) is 5.69 Å². The minimum atomic E-state index is -0.367. The molecule has 1 unspecified atom stereocenters. The van der Waals surface area contributed by atoms with Crippen LogP contribution in [-0.4, -0.2) is 25.1 Å². The topological polar surface area (TPSA) is 64.6 Å². The van der Waals surface area contributed by atoms with E-state index in [-0.39, 0.29) is 18.5 Å². The first-order valence-electron chi connectivity index (χ1n) is 9.43. The number of anilines is 1. The van der Waals surface area contributed by atoms with Crippen molar-refractivity contribution in [2.75, 3.05) is 18.5 Å². The standard InChI is InChI=1S/C22H26BrNO4/c1-4-12-27-22(26)16-6-9-18(10-7-16)24-21(25)14-28-20-11-8-17(13-19(20)23)15(3)5-2/h6-11,13,15H,4-5,12,14H2,1-3H3,(H,24,25). The average Bonchev–Trinajstić information content (AvgIpc) is 2.71. The molecule has 0 saturated carbocycles. The number of rotatable bonds is 9. The molecule has 0 bridgehead atoms. The monoisotopic (exact) mass is 447 g/mol. The quantitative estimate of drug-likeness (QED) is 0.511. The summed E-state index contributed by atoms with van der Waals surface area (Å²) in [6.45, 7) is 6.54. The molecule has 2 rings (SSSR count). The molecule has 6 heteroatoms. The summed E-state index contributed by atoms with van der Waals surface area (Å²) in [6.07, 6.45) is 1.83. The number of carbonyl (C=O) groups excluding carboxylic acids is 2. The molecule has 1 atom stereocenters. The zero-order valence-electron chi connectivity index (χ0n) is 16.5. The van der Waals surface area contributed by atoms with Crippen molar-refractivity contribution < 1.29 is 19.1 Å². The van der Waals surface area contributed by atoms with Gasteiger partial charge in [-0.3, -0.25) is 4.79 Å². The van der Waals surface area contributed by atoms with Crippen molar-refractivity contribution in [2.24, 2.45) is 0 Å². The van der Waals surface area contributed by atoms with E-state index in [0.717, 1.165) is 17.3 Å². The van der Waals surface area contributed by atoms with Gasteiger partial charge in [0.05, 0.1) is 16.6 Å². The second kappa shape index (κ2) is 10.9. The Morgan fingerprint density at radius 3 is 2.43 bits per heavy atom. The second-order valence-corrected chi connectivity index (χ2v) is 7.40. The van der Waals surface area contributed by atoms with Gasteiger partial charge in [0, 0.05) is 5.69 Å². The first-order valence-corrected chi connectivity index (χ1v) is 10.2. The van der Waals surface area contributed by atoms with Crippen LogP contribution in [-0.2, 0) is 9.53 Å². The summed E-state index contributed by atoms with van der Waals surface area (Å²) in [5.74, 6) is 0.444. The molecule has 0 aliphatic rings. The molecule has 0 spiro atoms. The summed E-state index contributed by atoms with van der Waals surface area (Å²) >= 11 is 3.50. The van der Waals surface area contributed by atoms with Crippen LogP contribution in [0.2, 0.25) is 0 Å². The summed E-state index contributed by atoms with van der Waals surface area (Å²) in [5.41, 5.74) is 2.27. The number of nitrogens with one attached hydrogen (secondary N) is 1. The van der Waals surface area contributed by atoms with E-state index in [9.17, 15) is 9.59 Å². The predicted octanol–water partition coefficient (Wildman–Crippen LogP) is 5.55. The van der Waals surface area contributed by atoms with Gasteiger partial charge in [0.2, 0.25) is 0 Å². The SMILES string of the molecule is CCCOC(=O)c1ccc(NC(=O)COc2ccc(C(C)CC)cc2Br)cc1. The molecule has 28 heavy (non-hydrogen) atoms. The van der Waals surface area contributed by atoms with Crippen LogP contribution < -0.4 is 10.1 Å². The fourth-order valence-corrected chi connectivity index (χ4v) is 3.00. The van der Waals surface area contributed by atoms with Crippen molar-refractivity contribution in [2.45, 2.75) is 39.5 Å². The van der Waals surface area contributed by atoms with Crippen molar-refractivity contribution in [1.29, 1.82) is 0 Å². The number of ether oxygens (including phenoxy) is 2. The molecule has 0 heterocycles. The van der Waals surface area contributed by atoms with Gasteiger partial charge >= 0.3 is 5.97 Å². The summed E-state index contributed by atoms with van der Waals surface area (Å²) in [4.78, 5) is 23.9. The van der Waals surface area contributed by atoms with Crippen molar-refractivity contribution in [3.8, 4) is 5.75 Å². The fraction of sp³-hybridized carbons (Fsp3) is 0.364. The van der Waals surface area contributed by atoms with Crippen LogP contribution in [0.1, 0.15) is 55.5 Å². The van der Waals surface area contributed by atoms with Gasteiger partial charge in [-0.1, -0.05) is 26.8 Å². The van der Waals surface area contributed by atoms with E-state index in [0.29, 0.717) is 29.5 Å². The molecule has 1 amide bonds. The maximum absolute atomic E-state index is 12.1. The Balaban J connectivity index is 1.88. The number of carbonyl (C=O) groups is 2. The molecule has 0 aliphatic carbocycles. The van der Waals surface area contributed by atoms with Gasteiger partial charge in [-0.15, -0.1) is 0 Å². The molecule has 5 nitrogen and oxygen atoms in total. The summed E-state index contributed by atoms with van der Waals surface area (Å²) in [6, 6.07) is 12.5. The van der Waals surface area contributed by atoms with Crippen molar-refractivity contribution in [3.63, 3.8) is 0 Å². The molecule has 0 fully saturated rings. The van der Waals surface area contributed by atoms with Crippen molar-refractivity contribution in [1.82, 2.24) is 0 Å². The highest BCUT2D eigenvalue weighted by Gasteiger charge is 2.10. The van der Waals surface area contributed by atoms with E-state index >= 15 is 0 Å². The maximum atomic E-state index is 12.1. The second-order valence-electron chi connectivity index (χ2n) is 6.55. The predicted molar refractivity (Wildman–Crippen MR) is 114 cm³/mol. The van der Waals surface area contributed by atoms with Crippen LogP contribution in [0.15, 0.2) is 46.9 Å². The van der Waals surface area contributed by atoms with E-state index in [4.69, 9.17) is 9.47 Å². The van der Waals surface area contributed by atoms with Gasteiger partial charge in [0.25, 0.3) is 5.91 Å². The Labute approximate surface area is 174 Å². The third-order valence-corrected chi connectivity index (χ3v) is 4.96. The van der Waals surface area contributed by atoms with Crippen molar-refractivity contribution >= 4 is 33.5 Å². The first kappa shape index (κ1) is 22.0.